The van der Waals surface area contributed by atoms with Gasteiger partial charge in [0.05, 0.1) is 6.10 Å². The molecule has 0 aromatic heterocycles. The third-order valence-corrected chi connectivity index (χ3v) is 8.72. The Balaban J connectivity index is 1.85. The Morgan fingerprint density at radius 1 is 1.32 bits per heavy atom. The molecular weight excluding hydrogens is 363 g/mol. The molecular formula is C22H29FO5. The molecule has 0 amide bonds. The van der Waals surface area contributed by atoms with E-state index in [0.717, 1.165) is 0 Å². The van der Waals surface area contributed by atoms with E-state index in [2.05, 4.69) is 0 Å². The largest absolute Gasteiger partial charge is 0.390 e. The minimum atomic E-state index is -1.99. The van der Waals surface area contributed by atoms with Crippen LogP contribution in [0.25, 0.3) is 0 Å². The molecule has 0 spiro atoms. The number of alkyl halides is 1. The molecule has 3 fully saturated rings. The van der Waals surface area contributed by atoms with Crippen LogP contribution < -0.4 is 0 Å². The van der Waals surface area contributed by atoms with Gasteiger partial charge in [0, 0.05) is 17.3 Å². The number of aliphatic hydroxyl groups excluding tert-OH is 2. The zero-order chi connectivity index (χ0) is 20.7. The number of aliphatic hydroxyl groups is 3. The summed E-state index contributed by atoms with van der Waals surface area (Å²) in [6.45, 7) is 4.64. The van der Waals surface area contributed by atoms with E-state index in [4.69, 9.17) is 0 Å². The van der Waals surface area contributed by atoms with Crippen LogP contribution in [-0.2, 0) is 9.59 Å². The van der Waals surface area contributed by atoms with Crippen LogP contribution in [0.2, 0.25) is 0 Å². The fourth-order valence-corrected chi connectivity index (χ4v) is 7.32. The topological polar surface area (TPSA) is 94.8 Å². The van der Waals surface area contributed by atoms with Crippen LogP contribution in [0.15, 0.2) is 23.8 Å². The lowest BCUT2D eigenvalue weighted by Crippen LogP contribution is -2.69. The summed E-state index contributed by atoms with van der Waals surface area (Å²) in [5.74, 6) is -2.46. The van der Waals surface area contributed by atoms with E-state index < -0.39 is 58.3 Å². The fraction of sp³-hybridized carbons (Fsp3) is 0.727. The number of carbonyl (C=O) groups is 2. The Morgan fingerprint density at radius 2 is 2.00 bits per heavy atom. The van der Waals surface area contributed by atoms with Gasteiger partial charge in [-0.2, -0.15) is 0 Å². The van der Waals surface area contributed by atoms with E-state index in [9.17, 15) is 24.9 Å². The van der Waals surface area contributed by atoms with Crippen molar-refractivity contribution in [3.8, 4) is 0 Å². The summed E-state index contributed by atoms with van der Waals surface area (Å²) < 4.78 is 16.9. The van der Waals surface area contributed by atoms with Crippen LogP contribution in [0.1, 0.15) is 46.5 Å². The first-order valence-electron chi connectivity index (χ1n) is 10.1. The van der Waals surface area contributed by atoms with Gasteiger partial charge in [0.2, 0.25) is 0 Å². The second-order valence-corrected chi connectivity index (χ2v) is 9.79. The zero-order valence-corrected chi connectivity index (χ0v) is 16.6. The number of rotatable bonds is 2. The molecule has 3 saturated carbocycles. The maximum Gasteiger partial charge on any atom is 0.190 e. The quantitative estimate of drug-likeness (QED) is 0.667. The number of ketones is 2. The molecule has 8 unspecified atom stereocenters. The van der Waals surface area contributed by atoms with Crippen molar-refractivity contribution in [1.82, 2.24) is 0 Å². The molecule has 5 nitrogen and oxygen atoms in total. The van der Waals surface area contributed by atoms with Gasteiger partial charge in [-0.1, -0.05) is 25.5 Å². The van der Waals surface area contributed by atoms with Gasteiger partial charge in [0.1, 0.15) is 12.2 Å². The van der Waals surface area contributed by atoms with E-state index in [0.29, 0.717) is 24.8 Å². The molecule has 6 heteroatoms. The maximum absolute atomic E-state index is 16.9. The molecule has 8 atom stereocenters. The van der Waals surface area contributed by atoms with Gasteiger partial charge in [-0.25, -0.2) is 4.39 Å². The highest BCUT2D eigenvalue weighted by Crippen LogP contribution is 2.71. The average molecular weight is 392 g/mol. The minimum absolute atomic E-state index is 0.0548. The number of fused-ring (bicyclic) bond motifs is 5. The summed E-state index contributed by atoms with van der Waals surface area (Å²) in [4.78, 5) is 24.3. The first-order valence-corrected chi connectivity index (χ1v) is 10.1. The van der Waals surface area contributed by atoms with Crippen LogP contribution >= 0.6 is 0 Å². The number of Topliss-reactive ketones (excluding diaryl/α,β-unsaturated/α-hetero) is 1. The van der Waals surface area contributed by atoms with Crippen molar-refractivity contribution < 1.29 is 29.3 Å². The van der Waals surface area contributed by atoms with Gasteiger partial charge in [0.15, 0.2) is 17.2 Å². The Morgan fingerprint density at radius 3 is 2.64 bits per heavy atom. The molecule has 0 aliphatic heterocycles. The Bertz CT molecular complexity index is 805. The second kappa shape index (κ2) is 5.83. The average Bonchev–Trinajstić information content (AvgIpc) is 2.84. The number of allylic oxidation sites excluding steroid dienone is 4. The van der Waals surface area contributed by atoms with E-state index in [1.54, 1.807) is 19.9 Å². The minimum Gasteiger partial charge on any atom is -0.390 e. The van der Waals surface area contributed by atoms with Gasteiger partial charge in [-0.3, -0.25) is 9.59 Å². The molecule has 3 N–H and O–H groups in total. The van der Waals surface area contributed by atoms with E-state index in [-0.39, 0.29) is 12.2 Å². The lowest BCUT2D eigenvalue weighted by Gasteiger charge is -2.63. The Kier molecular flexibility index (Phi) is 4.15. The molecule has 4 rings (SSSR count). The first kappa shape index (κ1) is 19.9. The summed E-state index contributed by atoms with van der Waals surface area (Å²) in [5, 5.41) is 31.8. The molecule has 4 aliphatic carbocycles. The highest BCUT2D eigenvalue weighted by molar-refractivity contribution is 6.01. The van der Waals surface area contributed by atoms with Crippen molar-refractivity contribution in [3.05, 3.63) is 23.8 Å². The first-order chi connectivity index (χ1) is 13.0. The van der Waals surface area contributed by atoms with Crippen molar-refractivity contribution in [2.45, 2.75) is 63.8 Å². The molecule has 0 bridgehead atoms. The molecule has 0 radical (unpaired) electrons. The van der Waals surface area contributed by atoms with Crippen LogP contribution in [0.3, 0.4) is 0 Å². The number of halogens is 1. The number of hydrogen-bond donors (Lipinski definition) is 3. The lowest BCUT2D eigenvalue weighted by atomic mass is 9.44. The van der Waals surface area contributed by atoms with E-state index >= 15 is 4.39 Å². The zero-order valence-electron chi connectivity index (χ0n) is 16.6. The van der Waals surface area contributed by atoms with Crippen molar-refractivity contribution >= 4 is 11.6 Å². The standard InChI is InChI=1S/C22H29FO5/c1-12-10-19(2)15-5-4-13-8-14(25)6-7-20(13,3)22(15,23)17(26)9-16(19)21(12,28)18(27)11-24/h6-8,12,15-17,24,26,28H,4-5,9-11H2,1-3H3. The summed E-state index contributed by atoms with van der Waals surface area (Å²) in [5.41, 5.74) is -4.85. The van der Waals surface area contributed by atoms with Crippen LogP contribution in [0.4, 0.5) is 4.39 Å². The van der Waals surface area contributed by atoms with Crippen molar-refractivity contribution in [2.24, 2.45) is 28.6 Å². The summed E-state index contributed by atoms with van der Waals surface area (Å²) >= 11 is 0. The Hall–Kier alpha value is -1.37. The molecule has 0 heterocycles. The Labute approximate surface area is 164 Å². The highest BCUT2D eigenvalue weighted by Gasteiger charge is 2.75. The van der Waals surface area contributed by atoms with Gasteiger partial charge >= 0.3 is 0 Å². The predicted octanol–water partition coefficient (Wildman–Crippen LogP) is 1.90. The van der Waals surface area contributed by atoms with Gasteiger partial charge in [0.25, 0.3) is 0 Å². The smallest absolute Gasteiger partial charge is 0.190 e. The fourth-order valence-electron chi connectivity index (χ4n) is 7.32. The van der Waals surface area contributed by atoms with Gasteiger partial charge < -0.3 is 15.3 Å². The third-order valence-electron chi connectivity index (χ3n) is 8.72. The summed E-state index contributed by atoms with van der Waals surface area (Å²) in [7, 11) is 0. The van der Waals surface area contributed by atoms with Crippen molar-refractivity contribution in [1.29, 1.82) is 0 Å². The van der Waals surface area contributed by atoms with Crippen LogP contribution in [0, 0.1) is 28.6 Å². The SMILES string of the molecule is CC1CC2(C)C(CC(O)C3(F)C2CCC2=CC(=O)C=CC23C)C1(O)C(=O)CO. The van der Waals surface area contributed by atoms with Crippen LogP contribution in [-0.4, -0.2) is 50.9 Å². The highest BCUT2D eigenvalue weighted by atomic mass is 19.1. The molecule has 154 valence electrons. The molecule has 0 saturated heterocycles. The molecule has 28 heavy (non-hydrogen) atoms. The summed E-state index contributed by atoms with van der Waals surface area (Å²) in [6, 6.07) is 0. The number of carbonyl (C=O) groups excluding carboxylic acids is 2. The molecule has 0 aromatic carbocycles. The van der Waals surface area contributed by atoms with Gasteiger partial charge in [-0.05, 0) is 56.1 Å². The normalized spacial score (nSPS) is 52.5. The van der Waals surface area contributed by atoms with Crippen LogP contribution in [0.5, 0.6) is 0 Å². The van der Waals surface area contributed by atoms with Crippen molar-refractivity contribution in [3.63, 3.8) is 0 Å². The maximum atomic E-state index is 16.9. The predicted molar refractivity (Wildman–Crippen MR) is 99.9 cm³/mol. The van der Waals surface area contributed by atoms with Gasteiger partial charge in [-0.15, -0.1) is 0 Å². The molecule has 4 aliphatic rings. The van der Waals surface area contributed by atoms with E-state index in [1.807, 2.05) is 6.92 Å². The monoisotopic (exact) mass is 392 g/mol. The third kappa shape index (κ3) is 2.06. The van der Waals surface area contributed by atoms with E-state index in [1.165, 1.54) is 12.2 Å². The number of hydrogen-bond acceptors (Lipinski definition) is 5. The lowest BCUT2D eigenvalue weighted by molar-refractivity contribution is -0.215. The van der Waals surface area contributed by atoms with Crippen molar-refractivity contribution in [2.75, 3.05) is 6.61 Å². The second-order valence-electron chi connectivity index (χ2n) is 9.79. The summed E-state index contributed by atoms with van der Waals surface area (Å²) in [6.07, 6.45) is 4.44. The molecule has 0 aromatic rings.